The van der Waals surface area contributed by atoms with Gasteiger partial charge in [-0.25, -0.2) is 0 Å². The minimum absolute atomic E-state index is 0.00270. The Kier molecular flexibility index (Phi) is 9.27. The first kappa shape index (κ1) is 32.7. The molecular weight excluding hydrogens is 548 g/mol. The van der Waals surface area contributed by atoms with Crippen molar-refractivity contribution in [3.8, 4) is 0 Å². The highest BCUT2D eigenvalue weighted by atomic mass is 16.8. The van der Waals surface area contributed by atoms with Crippen LogP contribution in [0.4, 0.5) is 0 Å². The monoisotopic (exact) mass is 600 g/mol. The molecule has 0 radical (unpaired) electrons. The summed E-state index contributed by atoms with van der Waals surface area (Å²) in [6, 6.07) is 0. The summed E-state index contributed by atoms with van der Waals surface area (Å²) in [6.07, 6.45) is -9.83. The summed E-state index contributed by atoms with van der Waals surface area (Å²) < 4.78 is 24.1. The smallest absolute Gasteiger partial charge is 0.187 e. The molecule has 0 spiro atoms. The van der Waals surface area contributed by atoms with Crippen molar-refractivity contribution in [1.82, 2.24) is 0 Å². The van der Waals surface area contributed by atoms with Crippen molar-refractivity contribution in [2.45, 2.75) is 140 Å². The van der Waals surface area contributed by atoms with Crippen LogP contribution in [-0.4, -0.2) is 116 Å². The summed E-state index contributed by atoms with van der Waals surface area (Å²) in [5, 5.41) is 73.6. The Morgan fingerprint density at radius 3 is 2.17 bits per heavy atom. The van der Waals surface area contributed by atoms with E-state index in [-0.39, 0.29) is 40.8 Å². The van der Waals surface area contributed by atoms with E-state index in [0.29, 0.717) is 12.3 Å². The molecule has 5 rings (SSSR count). The van der Waals surface area contributed by atoms with Crippen LogP contribution in [0.15, 0.2) is 12.2 Å². The molecule has 17 unspecified atom stereocenters. The normalized spacial score (nSPS) is 54.2. The van der Waals surface area contributed by atoms with Gasteiger partial charge in [0.2, 0.25) is 0 Å². The van der Waals surface area contributed by atoms with E-state index in [1.165, 1.54) is 6.92 Å². The van der Waals surface area contributed by atoms with Crippen LogP contribution in [0.1, 0.15) is 66.7 Å². The second-order valence-corrected chi connectivity index (χ2v) is 14.6. The maximum absolute atomic E-state index is 11.1. The van der Waals surface area contributed by atoms with Crippen molar-refractivity contribution in [2.75, 3.05) is 6.61 Å². The van der Waals surface area contributed by atoms with Crippen LogP contribution in [-0.2, 0) is 18.9 Å². The van der Waals surface area contributed by atoms with Crippen LogP contribution in [0.25, 0.3) is 0 Å². The van der Waals surface area contributed by atoms with E-state index < -0.39 is 68.0 Å². The van der Waals surface area contributed by atoms with Crippen molar-refractivity contribution in [3.63, 3.8) is 0 Å². The van der Waals surface area contributed by atoms with Crippen LogP contribution < -0.4 is 0 Å². The van der Waals surface area contributed by atoms with Crippen molar-refractivity contribution in [3.05, 3.63) is 12.2 Å². The maximum atomic E-state index is 11.1. The molecule has 2 saturated heterocycles. The predicted octanol–water partition coefficient (Wildman–Crippen LogP) is 0.449. The van der Waals surface area contributed by atoms with Crippen LogP contribution in [0.3, 0.4) is 0 Å². The molecule has 42 heavy (non-hydrogen) atoms. The van der Waals surface area contributed by atoms with Gasteiger partial charge in [0.05, 0.1) is 24.9 Å². The average Bonchev–Trinajstić information content (AvgIpc) is 3.29. The molecule has 242 valence electrons. The Balaban J connectivity index is 1.36. The summed E-state index contributed by atoms with van der Waals surface area (Å²) >= 11 is 0. The Morgan fingerprint density at radius 2 is 1.52 bits per heavy atom. The summed E-state index contributed by atoms with van der Waals surface area (Å²) in [4.78, 5) is 0. The largest absolute Gasteiger partial charge is 0.394 e. The minimum Gasteiger partial charge on any atom is -0.394 e. The molecule has 2 heterocycles. The average molecular weight is 601 g/mol. The lowest BCUT2D eigenvalue weighted by molar-refractivity contribution is -0.375. The fourth-order valence-corrected chi connectivity index (χ4v) is 9.31. The molecule has 7 N–H and O–H groups in total. The molecule has 3 saturated carbocycles. The van der Waals surface area contributed by atoms with Gasteiger partial charge in [-0.3, -0.25) is 0 Å². The Hall–Kier alpha value is -0.700. The van der Waals surface area contributed by atoms with Crippen molar-refractivity contribution < 1.29 is 54.7 Å². The number of fused-ring (bicyclic) bond motifs is 3. The van der Waals surface area contributed by atoms with Gasteiger partial charge >= 0.3 is 0 Å². The van der Waals surface area contributed by atoms with Gasteiger partial charge in [0.1, 0.15) is 42.7 Å². The van der Waals surface area contributed by atoms with Gasteiger partial charge in [-0.05, 0) is 74.5 Å². The second kappa shape index (κ2) is 11.9. The number of rotatable bonds is 6. The van der Waals surface area contributed by atoms with Gasteiger partial charge in [0, 0.05) is 5.92 Å². The van der Waals surface area contributed by atoms with Crippen molar-refractivity contribution in [1.29, 1.82) is 0 Å². The summed E-state index contributed by atoms with van der Waals surface area (Å²) in [7, 11) is 0. The third-order valence-electron chi connectivity index (χ3n) is 11.8. The fraction of sp³-hybridized carbons (Fsp3) is 0.935. The highest BCUT2D eigenvalue weighted by molar-refractivity contribution is 5.15. The lowest BCUT2D eigenvalue weighted by atomic mass is 9.46. The lowest BCUT2D eigenvalue weighted by Crippen LogP contribution is -2.65. The topological polar surface area (TPSA) is 179 Å². The highest BCUT2D eigenvalue weighted by Gasteiger charge is 2.62. The molecule has 5 fully saturated rings. The highest BCUT2D eigenvalue weighted by Crippen LogP contribution is 2.66. The minimum atomic E-state index is -1.62. The van der Waals surface area contributed by atoms with Crippen LogP contribution in [0.2, 0.25) is 0 Å². The zero-order valence-electron chi connectivity index (χ0n) is 25.5. The van der Waals surface area contributed by atoms with E-state index in [1.807, 2.05) is 6.92 Å². The van der Waals surface area contributed by atoms with E-state index in [1.54, 1.807) is 0 Å². The van der Waals surface area contributed by atoms with Gasteiger partial charge in [-0.1, -0.05) is 32.9 Å². The molecule has 2 aliphatic heterocycles. The predicted molar refractivity (Wildman–Crippen MR) is 150 cm³/mol. The SMILES string of the molecule is C=C(C)C1CC2C(CCC3C(C)(C)C(OC4OC(CO)C(O)C(O)C4OC4OC(C)C(O)C(O)C4O)CCC23C)C1O. The van der Waals surface area contributed by atoms with Gasteiger partial charge in [-0.15, -0.1) is 0 Å². The first-order valence-electron chi connectivity index (χ1n) is 15.6. The first-order chi connectivity index (χ1) is 19.6. The molecule has 0 amide bonds. The molecule has 5 aliphatic rings. The summed E-state index contributed by atoms with van der Waals surface area (Å²) in [5.41, 5.74) is 0.706. The molecule has 11 nitrogen and oxygen atoms in total. The lowest BCUT2D eigenvalue weighted by Gasteiger charge is -2.61. The molecule has 0 bridgehead atoms. The van der Waals surface area contributed by atoms with Gasteiger partial charge in [-0.2, -0.15) is 0 Å². The summed E-state index contributed by atoms with van der Waals surface area (Å²) in [6.45, 7) is 13.8. The fourth-order valence-electron chi connectivity index (χ4n) is 9.31. The molecule has 11 heteroatoms. The third kappa shape index (κ3) is 5.30. The second-order valence-electron chi connectivity index (χ2n) is 14.6. The Labute approximate surface area is 248 Å². The standard InChI is InChI=1S/C31H52O11/c1-13(2)16-11-17-15(22(16)34)7-8-19-30(4,5)20(9-10-31(17,19)6)41-29-27(25(37)23(35)18(12-32)40-29)42-28-26(38)24(36)21(33)14(3)39-28/h14-29,32-38H,1,7-12H2,2-6H3. The quantitative estimate of drug-likeness (QED) is 0.166. The van der Waals surface area contributed by atoms with Gasteiger partial charge in [0.25, 0.3) is 0 Å². The molecule has 0 aromatic carbocycles. The Morgan fingerprint density at radius 1 is 0.833 bits per heavy atom. The van der Waals surface area contributed by atoms with Crippen molar-refractivity contribution in [2.24, 2.45) is 34.5 Å². The van der Waals surface area contributed by atoms with E-state index in [9.17, 15) is 35.7 Å². The van der Waals surface area contributed by atoms with Crippen molar-refractivity contribution >= 4 is 0 Å². The van der Waals surface area contributed by atoms with Gasteiger partial charge in [0.15, 0.2) is 12.6 Å². The maximum Gasteiger partial charge on any atom is 0.187 e. The molecule has 0 aromatic heterocycles. The number of hydrogen-bond donors (Lipinski definition) is 7. The zero-order valence-corrected chi connectivity index (χ0v) is 25.5. The molecular formula is C31H52O11. The van der Waals surface area contributed by atoms with E-state index in [4.69, 9.17) is 18.9 Å². The number of ether oxygens (including phenoxy) is 4. The van der Waals surface area contributed by atoms with Crippen LogP contribution >= 0.6 is 0 Å². The molecule has 0 aromatic rings. The zero-order chi connectivity index (χ0) is 30.9. The van der Waals surface area contributed by atoms with E-state index in [0.717, 1.165) is 31.3 Å². The van der Waals surface area contributed by atoms with Crippen LogP contribution in [0, 0.1) is 34.5 Å². The number of aliphatic hydroxyl groups is 7. The third-order valence-corrected chi connectivity index (χ3v) is 11.8. The number of aliphatic hydroxyl groups excluding tert-OH is 7. The van der Waals surface area contributed by atoms with E-state index >= 15 is 0 Å². The van der Waals surface area contributed by atoms with E-state index in [2.05, 4.69) is 27.4 Å². The number of hydrogen-bond acceptors (Lipinski definition) is 11. The Bertz CT molecular complexity index is 977. The van der Waals surface area contributed by atoms with Crippen LogP contribution in [0.5, 0.6) is 0 Å². The van der Waals surface area contributed by atoms with Gasteiger partial charge < -0.3 is 54.7 Å². The molecule has 3 aliphatic carbocycles. The summed E-state index contributed by atoms with van der Waals surface area (Å²) in [5.74, 6) is 1.03. The molecule has 17 atom stereocenters. The first-order valence-corrected chi connectivity index (χ1v) is 15.6.